The van der Waals surface area contributed by atoms with Gasteiger partial charge in [0.2, 0.25) is 0 Å². The average Bonchev–Trinajstić information content (AvgIpc) is 2.56. The fraction of sp³-hybridized carbons (Fsp3) is 0.667. The monoisotopic (exact) mass is 377 g/mol. The van der Waals surface area contributed by atoms with Crippen molar-refractivity contribution in [3.8, 4) is 11.5 Å². The Balaban J connectivity index is 1.90. The van der Waals surface area contributed by atoms with E-state index < -0.39 is 0 Å². The predicted octanol–water partition coefficient (Wildman–Crippen LogP) is 3.20. The molecule has 1 fully saturated rings. The molecule has 2 amide bonds. The fourth-order valence-corrected chi connectivity index (χ4v) is 4.14. The van der Waals surface area contributed by atoms with E-state index in [0.29, 0.717) is 18.0 Å². The average molecular weight is 378 g/mol. The van der Waals surface area contributed by atoms with Gasteiger partial charge in [-0.15, -0.1) is 0 Å². The van der Waals surface area contributed by atoms with E-state index in [1.165, 1.54) is 0 Å². The minimum Gasteiger partial charge on any atom is -0.493 e. The first-order chi connectivity index (χ1) is 12.5. The smallest absolute Gasteiger partial charge is 0.317 e. The number of methoxy groups -OCH3 is 2. The van der Waals surface area contributed by atoms with Crippen LogP contribution in [0, 0.1) is 0 Å². The van der Waals surface area contributed by atoms with E-state index in [-0.39, 0.29) is 23.2 Å². The Kier molecular flexibility index (Phi) is 6.63. The Bertz CT molecular complexity index is 642. The van der Waals surface area contributed by atoms with Gasteiger partial charge < -0.3 is 25.0 Å². The van der Waals surface area contributed by atoms with Crippen molar-refractivity contribution in [3.05, 3.63) is 23.8 Å². The number of carbonyl (C=O) groups excluding carboxylic acids is 1. The molecule has 0 atom stereocenters. The Morgan fingerprint density at radius 2 is 1.74 bits per heavy atom. The molecule has 152 valence electrons. The lowest BCUT2D eigenvalue weighted by molar-refractivity contribution is 0.141. The van der Waals surface area contributed by atoms with Gasteiger partial charge in [0.25, 0.3) is 0 Å². The van der Waals surface area contributed by atoms with E-state index in [4.69, 9.17) is 9.47 Å². The highest BCUT2D eigenvalue weighted by atomic mass is 16.5. The maximum Gasteiger partial charge on any atom is 0.317 e. The predicted molar refractivity (Wildman–Crippen MR) is 109 cm³/mol. The van der Waals surface area contributed by atoms with Gasteiger partial charge >= 0.3 is 6.03 Å². The minimum atomic E-state index is -0.0195. The lowest BCUT2D eigenvalue weighted by Crippen LogP contribution is -2.62. The SMILES string of the molecule is COc1ccc(CCN(C)C(=O)NC2CC(C)(C)NC(C)(C)C2)cc1OC. The maximum atomic E-state index is 12.6. The molecule has 6 heteroatoms. The molecule has 1 aromatic carbocycles. The van der Waals surface area contributed by atoms with Crippen LogP contribution in [0.3, 0.4) is 0 Å². The Morgan fingerprint density at radius 3 is 2.30 bits per heavy atom. The summed E-state index contributed by atoms with van der Waals surface area (Å²) in [6.07, 6.45) is 2.60. The van der Waals surface area contributed by atoms with Crippen LogP contribution < -0.4 is 20.1 Å². The van der Waals surface area contributed by atoms with E-state index in [9.17, 15) is 4.79 Å². The third-order valence-electron chi connectivity index (χ3n) is 5.05. The second-order valence-corrected chi connectivity index (χ2v) is 8.81. The second kappa shape index (κ2) is 8.38. The number of nitrogens with zero attached hydrogens (tertiary/aromatic N) is 1. The highest BCUT2D eigenvalue weighted by Gasteiger charge is 2.38. The standard InChI is InChI=1S/C21H35N3O3/c1-20(2)13-16(14-21(3,4)23-20)22-19(25)24(5)11-10-15-8-9-17(26-6)18(12-15)27-7/h8-9,12,16,23H,10-11,13-14H2,1-7H3,(H,22,25). The first-order valence-corrected chi connectivity index (χ1v) is 9.57. The van der Waals surface area contributed by atoms with E-state index in [1.807, 2.05) is 25.2 Å². The van der Waals surface area contributed by atoms with Crippen molar-refractivity contribution in [2.45, 2.75) is 64.1 Å². The Labute approximate surface area is 163 Å². The van der Waals surface area contributed by atoms with E-state index >= 15 is 0 Å². The molecule has 1 saturated heterocycles. The van der Waals surface area contributed by atoms with Crippen molar-refractivity contribution in [1.82, 2.24) is 15.5 Å². The normalized spacial score (nSPS) is 18.6. The maximum absolute atomic E-state index is 12.6. The molecule has 0 radical (unpaired) electrons. The van der Waals surface area contributed by atoms with Crippen LogP contribution in [0.4, 0.5) is 4.79 Å². The lowest BCUT2D eigenvalue weighted by atomic mass is 9.80. The lowest BCUT2D eigenvalue weighted by Gasteiger charge is -2.46. The van der Waals surface area contributed by atoms with Gasteiger partial charge in [0.1, 0.15) is 0 Å². The largest absolute Gasteiger partial charge is 0.493 e. The number of carbonyl (C=O) groups is 1. The molecule has 0 aliphatic carbocycles. The molecule has 1 aromatic rings. The molecule has 0 saturated carbocycles. The van der Waals surface area contributed by atoms with Gasteiger partial charge in [-0.05, 0) is 64.7 Å². The molecule has 0 bridgehead atoms. The molecule has 2 rings (SSSR count). The van der Waals surface area contributed by atoms with Crippen LogP contribution in [0.2, 0.25) is 0 Å². The van der Waals surface area contributed by atoms with Gasteiger partial charge in [-0.3, -0.25) is 0 Å². The third kappa shape index (κ3) is 6.03. The number of urea groups is 1. The molecular weight excluding hydrogens is 342 g/mol. The number of likely N-dealkylation sites (N-methyl/N-ethyl adjacent to an activating group) is 1. The summed E-state index contributed by atoms with van der Waals surface area (Å²) in [7, 11) is 5.09. The molecule has 6 nitrogen and oxygen atoms in total. The van der Waals surface area contributed by atoms with Crippen LogP contribution in [0.25, 0.3) is 0 Å². The summed E-state index contributed by atoms with van der Waals surface area (Å²) in [6.45, 7) is 9.39. The molecule has 1 aliphatic rings. The van der Waals surface area contributed by atoms with Gasteiger partial charge in [-0.1, -0.05) is 6.07 Å². The van der Waals surface area contributed by atoms with Gasteiger partial charge in [0.05, 0.1) is 14.2 Å². The minimum absolute atomic E-state index is 0.0118. The topological polar surface area (TPSA) is 62.8 Å². The van der Waals surface area contributed by atoms with Crippen LogP contribution in [0.1, 0.15) is 46.1 Å². The number of ether oxygens (including phenoxy) is 2. The number of amides is 2. The number of nitrogens with one attached hydrogen (secondary N) is 2. The molecule has 0 spiro atoms. The molecule has 27 heavy (non-hydrogen) atoms. The second-order valence-electron chi connectivity index (χ2n) is 8.81. The van der Waals surface area contributed by atoms with E-state index in [2.05, 4.69) is 38.3 Å². The molecule has 0 aromatic heterocycles. The number of hydrogen-bond acceptors (Lipinski definition) is 4. The molecule has 1 heterocycles. The number of hydrogen-bond donors (Lipinski definition) is 2. The highest BCUT2D eigenvalue weighted by molar-refractivity contribution is 5.74. The van der Waals surface area contributed by atoms with Crippen molar-refractivity contribution < 1.29 is 14.3 Å². The third-order valence-corrected chi connectivity index (χ3v) is 5.05. The number of piperidine rings is 1. The van der Waals surface area contributed by atoms with Crippen molar-refractivity contribution in [1.29, 1.82) is 0 Å². The summed E-state index contributed by atoms with van der Waals surface area (Å²) in [4.78, 5) is 14.4. The van der Waals surface area contributed by atoms with Crippen LogP contribution in [0.5, 0.6) is 11.5 Å². The van der Waals surface area contributed by atoms with Crippen LogP contribution >= 0.6 is 0 Å². The summed E-state index contributed by atoms with van der Waals surface area (Å²) >= 11 is 0. The summed E-state index contributed by atoms with van der Waals surface area (Å²) in [6, 6.07) is 6.02. The zero-order chi connectivity index (χ0) is 20.2. The van der Waals surface area contributed by atoms with Crippen molar-refractivity contribution in [3.63, 3.8) is 0 Å². The molecule has 0 unspecified atom stereocenters. The van der Waals surface area contributed by atoms with Crippen LogP contribution in [-0.2, 0) is 6.42 Å². The molecule has 2 N–H and O–H groups in total. The summed E-state index contributed by atoms with van der Waals surface area (Å²) in [5.74, 6) is 1.42. The van der Waals surface area contributed by atoms with Crippen LogP contribution in [0.15, 0.2) is 18.2 Å². The first kappa shape index (κ1) is 21.4. The van der Waals surface area contributed by atoms with Crippen LogP contribution in [-0.4, -0.2) is 55.9 Å². The quantitative estimate of drug-likeness (QED) is 0.799. The molecular formula is C21H35N3O3. The van der Waals surface area contributed by atoms with Crippen molar-refractivity contribution >= 4 is 6.03 Å². The zero-order valence-electron chi connectivity index (χ0n) is 17.8. The summed E-state index contributed by atoms with van der Waals surface area (Å²) in [5.41, 5.74) is 1.13. The van der Waals surface area contributed by atoms with E-state index in [1.54, 1.807) is 19.1 Å². The highest BCUT2D eigenvalue weighted by Crippen LogP contribution is 2.29. The van der Waals surface area contributed by atoms with Gasteiger partial charge in [0, 0.05) is 30.7 Å². The summed E-state index contributed by atoms with van der Waals surface area (Å²) in [5, 5.41) is 6.85. The van der Waals surface area contributed by atoms with Gasteiger partial charge in [0.15, 0.2) is 11.5 Å². The Morgan fingerprint density at radius 1 is 1.15 bits per heavy atom. The zero-order valence-corrected chi connectivity index (χ0v) is 17.8. The van der Waals surface area contributed by atoms with Crippen molar-refractivity contribution in [2.24, 2.45) is 0 Å². The fourth-order valence-electron chi connectivity index (χ4n) is 4.14. The Hall–Kier alpha value is -1.95. The number of rotatable bonds is 6. The van der Waals surface area contributed by atoms with E-state index in [0.717, 1.165) is 24.8 Å². The van der Waals surface area contributed by atoms with Gasteiger partial charge in [-0.25, -0.2) is 4.79 Å². The first-order valence-electron chi connectivity index (χ1n) is 9.57. The summed E-state index contributed by atoms with van der Waals surface area (Å²) < 4.78 is 10.6. The van der Waals surface area contributed by atoms with Crippen molar-refractivity contribution in [2.75, 3.05) is 27.8 Å². The number of benzene rings is 1. The molecule has 1 aliphatic heterocycles. The van der Waals surface area contributed by atoms with Gasteiger partial charge in [-0.2, -0.15) is 0 Å².